The first-order valence-corrected chi connectivity index (χ1v) is 11.9. The van der Waals surface area contributed by atoms with Crippen molar-refractivity contribution in [3.63, 3.8) is 0 Å². The predicted molar refractivity (Wildman–Crippen MR) is 115 cm³/mol. The number of amides is 1. The summed E-state index contributed by atoms with van der Waals surface area (Å²) >= 11 is 1.47. The highest BCUT2D eigenvalue weighted by Crippen LogP contribution is 2.37. The van der Waals surface area contributed by atoms with Gasteiger partial charge in [-0.2, -0.15) is 5.10 Å². The Kier molecular flexibility index (Phi) is 5.78. The summed E-state index contributed by atoms with van der Waals surface area (Å²) in [4.78, 5) is 16.8. The third-order valence-electron chi connectivity index (χ3n) is 4.81. The van der Waals surface area contributed by atoms with Crippen molar-refractivity contribution >= 4 is 33.4 Å². The molecule has 0 saturated heterocycles. The van der Waals surface area contributed by atoms with Crippen LogP contribution in [0.2, 0.25) is 0 Å². The molecule has 0 saturated carbocycles. The number of benzene rings is 2. The molecule has 2 aromatic carbocycles. The average molecular weight is 444 g/mol. The summed E-state index contributed by atoms with van der Waals surface area (Å²) in [7, 11) is -3.66. The molecule has 0 fully saturated rings. The van der Waals surface area contributed by atoms with E-state index in [2.05, 4.69) is 20.5 Å². The van der Waals surface area contributed by atoms with Gasteiger partial charge in [0.05, 0.1) is 10.6 Å². The number of aromatic amines is 1. The third-order valence-corrected chi connectivity index (χ3v) is 7.63. The van der Waals surface area contributed by atoms with Crippen molar-refractivity contribution in [2.24, 2.45) is 0 Å². The summed E-state index contributed by atoms with van der Waals surface area (Å²) in [5.41, 5.74) is 2.00. The average Bonchev–Trinajstić information content (AvgIpc) is 3.38. The van der Waals surface area contributed by atoms with E-state index in [1.165, 1.54) is 22.4 Å². The maximum absolute atomic E-state index is 13.1. The van der Waals surface area contributed by atoms with Crippen LogP contribution in [-0.4, -0.2) is 47.8 Å². The lowest BCUT2D eigenvalue weighted by atomic mass is 10.1. The van der Waals surface area contributed by atoms with Crippen LogP contribution >= 0.6 is 11.8 Å². The molecule has 1 aliphatic heterocycles. The van der Waals surface area contributed by atoms with Crippen LogP contribution in [0.3, 0.4) is 0 Å². The van der Waals surface area contributed by atoms with Crippen LogP contribution in [-0.2, 0) is 16.4 Å². The van der Waals surface area contributed by atoms with Gasteiger partial charge in [-0.05, 0) is 49.2 Å². The zero-order chi connectivity index (χ0) is 21.1. The van der Waals surface area contributed by atoms with Crippen LogP contribution in [0.15, 0.2) is 64.9 Å². The van der Waals surface area contributed by atoms with Gasteiger partial charge in [-0.25, -0.2) is 13.4 Å². The number of anilines is 1. The molecule has 0 aliphatic carbocycles. The van der Waals surface area contributed by atoms with E-state index in [9.17, 15) is 13.2 Å². The van der Waals surface area contributed by atoms with Gasteiger partial charge in [0.2, 0.25) is 0 Å². The van der Waals surface area contributed by atoms with Crippen molar-refractivity contribution in [2.75, 3.05) is 16.6 Å². The third kappa shape index (κ3) is 4.05. The van der Waals surface area contributed by atoms with Gasteiger partial charge in [-0.15, -0.1) is 0 Å². The van der Waals surface area contributed by atoms with Crippen LogP contribution < -0.4 is 9.62 Å². The maximum atomic E-state index is 13.1. The number of fused-ring (bicyclic) bond motifs is 1. The number of carbonyl (C=O) groups is 1. The molecule has 0 spiro atoms. The van der Waals surface area contributed by atoms with Gasteiger partial charge in [0.1, 0.15) is 6.33 Å². The number of H-pyrrole nitrogens is 1. The summed E-state index contributed by atoms with van der Waals surface area (Å²) in [6, 6.07) is 13.4. The molecule has 2 N–H and O–H groups in total. The molecule has 2 heterocycles. The van der Waals surface area contributed by atoms with Gasteiger partial charge in [0.25, 0.3) is 15.9 Å². The van der Waals surface area contributed by atoms with Crippen LogP contribution in [0.25, 0.3) is 0 Å². The van der Waals surface area contributed by atoms with Gasteiger partial charge in [-0.1, -0.05) is 30.0 Å². The lowest BCUT2D eigenvalue weighted by molar-refractivity contribution is 0.0956. The zero-order valence-electron chi connectivity index (χ0n) is 16.3. The number of hydrogen-bond acceptors (Lipinski definition) is 6. The SMILES string of the molecule is C[C@H]1Cc2cc(C(=O)NCCSc3ncn[nH]3)ccc2N1S(=O)(=O)c1ccccc1. The quantitative estimate of drug-likeness (QED) is 0.429. The van der Waals surface area contributed by atoms with Crippen molar-refractivity contribution in [1.29, 1.82) is 0 Å². The Balaban J connectivity index is 1.46. The first-order chi connectivity index (χ1) is 14.5. The Labute approximate surface area is 179 Å². The highest BCUT2D eigenvalue weighted by Gasteiger charge is 2.36. The zero-order valence-corrected chi connectivity index (χ0v) is 17.9. The predicted octanol–water partition coefficient (Wildman–Crippen LogP) is 2.47. The molecule has 30 heavy (non-hydrogen) atoms. The number of aromatic nitrogens is 3. The molecule has 1 aromatic heterocycles. The van der Waals surface area contributed by atoms with Gasteiger partial charge in [-0.3, -0.25) is 14.2 Å². The molecule has 10 heteroatoms. The Bertz CT molecular complexity index is 1130. The molecule has 0 bridgehead atoms. The molecule has 0 radical (unpaired) electrons. The van der Waals surface area contributed by atoms with E-state index in [-0.39, 0.29) is 16.8 Å². The molecular weight excluding hydrogens is 422 g/mol. The van der Waals surface area contributed by atoms with Crippen molar-refractivity contribution in [3.8, 4) is 0 Å². The first kappa shape index (κ1) is 20.4. The lowest BCUT2D eigenvalue weighted by Gasteiger charge is -2.24. The summed E-state index contributed by atoms with van der Waals surface area (Å²) in [6.07, 6.45) is 2.00. The molecule has 3 aromatic rings. The number of carbonyl (C=O) groups excluding carboxylic acids is 1. The van der Waals surface area contributed by atoms with Gasteiger partial charge in [0.15, 0.2) is 5.16 Å². The van der Waals surface area contributed by atoms with Crippen molar-refractivity contribution in [1.82, 2.24) is 20.5 Å². The highest BCUT2D eigenvalue weighted by molar-refractivity contribution is 7.99. The maximum Gasteiger partial charge on any atom is 0.264 e. The first-order valence-electron chi connectivity index (χ1n) is 9.45. The number of nitrogens with one attached hydrogen (secondary N) is 2. The number of hydrogen-bond donors (Lipinski definition) is 2. The van der Waals surface area contributed by atoms with E-state index in [0.29, 0.717) is 35.1 Å². The summed E-state index contributed by atoms with van der Waals surface area (Å²) in [6.45, 7) is 2.35. The minimum atomic E-state index is -3.66. The summed E-state index contributed by atoms with van der Waals surface area (Å²) < 4.78 is 27.7. The fourth-order valence-corrected chi connectivity index (χ4v) is 5.84. The Hall–Kier alpha value is -2.85. The molecular formula is C20H21N5O3S2. The van der Waals surface area contributed by atoms with Crippen LogP contribution in [0.5, 0.6) is 0 Å². The standard InChI is InChI=1S/C20H21N5O3S2/c1-14-11-16-12-15(19(26)21-9-10-29-20-22-13-23-24-20)7-8-18(16)25(14)30(27,28)17-5-3-2-4-6-17/h2-8,12-14H,9-11H2,1H3,(H,21,26)(H,22,23,24)/t14-/m0/s1. The van der Waals surface area contributed by atoms with Crippen molar-refractivity contribution < 1.29 is 13.2 Å². The van der Waals surface area contributed by atoms with Crippen LogP contribution in [0.1, 0.15) is 22.8 Å². The van der Waals surface area contributed by atoms with Gasteiger partial charge in [0, 0.05) is 23.9 Å². The second-order valence-electron chi connectivity index (χ2n) is 6.91. The Morgan fingerprint density at radius 1 is 1.27 bits per heavy atom. The van der Waals surface area contributed by atoms with Crippen molar-refractivity contribution in [3.05, 3.63) is 66.0 Å². The fraction of sp³-hybridized carbons (Fsp3) is 0.250. The summed E-state index contributed by atoms with van der Waals surface area (Å²) in [5, 5.41) is 10.1. The smallest absolute Gasteiger partial charge is 0.264 e. The number of thioether (sulfide) groups is 1. The van der Waals surface area contributed by atoms with Gasteiger partial charge < -0.3 is 5.32 Å². The normalized spacial score (nSPS) is 15.8. The van der Waals surface area contributed by atoms with E-state index in [0.717, 1.165) is 5.56 Å². The van der Waals surface area contributed by atoms with E-state index in [1.807, 2.05) is 6.92 Å². The topological polar surface area (TPSA) is 108 Å². The fourth-order valence-electron chi connectivity index (χ4n) is 3.49. The van der Waals surface area contributed by atoms with Crippen LogP contribution in [0.4, 0.5) is 5.69 Å². The molecule has 1 amide bonds. The molecule has 4 rings (SSSR count). The Morgan fingerprint density at radius 2 is 2.07 bits per heavy atom. The largest absolute Gasteiger partial charge is 0.351 e. The summed E-state index contributed by atoms with van der Waals surface area (Å²) in [5.74, 6) is 0.472. The van der Waals surface area contributed by atoms with E-state index in [1.54, 1.807) is 48.5 Å². The molecule has 1 atom stereocenters. The van der Waals surface area contributed by atoms with E-state index in [4.69, 9.17) is 0 Å². The minimum absolute atomic E-state index is 0.187. The lowest BCUT2D eigenvalue weighted by Crippen LogP contribution is -2.35. The number of sulfonamides is 1. The number of nitrogens with zero attached hydrogens (tertiary/aromatic N) is 3. The van der Waals surface area contributed by atoms with E-state index < -0.39 is 10.0 Å². The van der Waals surface area contributed by atoms with Gasteiger partial charge >= 0.3 is 0 Å². The van der Waals surface area contributed by atoms with Crippen molar-refractivity contribution in [2.45, 2.75) is 29.4 Å². The second-order valence-corrected chi connectivity index (χ2v) is 9.80. The second kappa shape index (κ2) is 8.49. The molecule has 0 unspecified atom stereocenters. The van der Waals surface area contributed by atoms with E-state index >= 15 is 0 Å². The minimum Gasteiger partial charge on any atom is -0.351 e. The van der Waals surface area contributed by atoms with Crippen LogP contribution in [0, 0.1) is 0 Å². The monoisotopic (exact) mass is 443 g/mol. The number of rotatable bonds is 7. The molecule has 8 nitrogen and oxygen atoms in total. The molecule has 156 valence electrons. The Morgan fingerprint density at radius 3 is 2.80 bits per heavy atom. The molecule has 1 aliphatic rings. The highest BCUT2D eigenvalue weighted by atomic mass is 32.2.